The lowest BCUT2D eigenvalue weighted by Crippen LogP contribution is -3.12. The zero-order valence-electron chi connectivity index (χ0n) is 15.8. The maximum Gasteiger partial charge on any atom is 0.201 e. The minimum Gasteiger partial charge on any atom is -0.370 e. The molecule has 1 saturated heterocycles. The molecule has 9 heteroatoms. The van der Waals surface area contributed by atoms with E-state index in [0.717, 1.165) is 64.7 Å². The number of nitrogens with zero attached hydrogens (tertiary/aromatic N) is 5. The van der Waals surface area contributed by atoms with E-state index in [4.69, 9.17) is 14.7 Å². The predicted molar refractivity (Wildman–Crippen MR) is 109 cm³/mol. The molecule has 0 amide bonds. The average Bonchev–Trinajstić information content (AvgIpc) is 3.24. The van der Waals surface area contributed by atoms with Crippen molar-refractivity contribution in [1.29, 1.82) is 0 Å². The van der Waals surface area contributed by atoms with Crippen molar-refractivity contribution in [1.82, 2.24) is 24.6 Å². The van der Waals surface area contributed by atoms with Crippen LogP contribution >= 0.6 is 23.1 Å². The molecule has 144 valence electrons. The van der Waals surface area contributed by atoms with Gasteiger partial charge in [0.2, 0.25) is 5.16 Å². The van der Waals surface area contributed by atoms with Gasteiger partial charge in [0.25, 0.3) is 0 Å². The van der Waals surface area contributed by atoms with Crippen LogP contribution in [0, 0.1) is 13.8 Å². The quantitative estimate of drug-likeness (QED) is 0.516. The first-order chi connectivity index (χ1) is 13.7. The normalized spacial score (nSPS) is 15.6. The highest BCUT2D eigenvalue weighted by molar-refractivity contribution is 7.99. The van der Waals surface area contributed by atoms with Gasteiger partial charge in [0.05, 0.1) is 13.2 Å². The molecule has 1 aliphatic rings. The summed E-state index contributed by atoms with van der Waals surface area (Å²) in [6.45, 7) is 8.74. The number of nitrogens with one attached hydrogen (secondary N) is 1. The largest absolute Gasteiger partial charge is 0.370 e. The topological polar surface area (TPSA) is 69.6 Å². The van der Waals surface area contributed by atoms with E-state index >= 15 is 0 Å². The van der Waals surface area contributed by atoms with E-state index in [1.165, 1.54) is 15.3 Å². The van der Waals surface area contributed by atoms with E-state index < -0.39 is 0 Å². The maximum atomic E-state index is 5.48. The molecule has 0 unspecified atom stereocenters. The van der Waals surface area contributed by atoms with Gasteiger partial charge in [-0.15, -0.1) is 21.5 Å². The molecule has 0 atom stereocenters. The summed E-state index contributed by atoms with van der Waals surface area (Å²) in [7, 11) is 0. The first-order valence-electron chi connectivity index (χ1n) is 9.34. The van der Waals surface area contributed by atoms with E-state index in [1.807, 2.05) is 28.8 Å². The molecule has 28 heavy (non-hydrogen) atoms. The number of quaternary nitrogens is 1. The van der Waals surface area contributed by atoms with Crippen molar-refractivity contribution in [2.45, 2.75) is 30.6 Å². The third-order valence-corrected chi connectivity index (χ3v) is 7.17. The Balaban J connectivity index is 1.57. The second-order valence-corrected chi connectivity index (χ2v) is 9.12. The van der Waals surface area contributed by atoms with Gasteiger partial charge in [-0.05, 0) is 43.3 Å². The Morgan fingerprint density at radius 1 is 1.18 bits per heavy atom. The average molecular weight is 414 g/mol. The van der Waals surface area contributed by atoms with Crippen molar-refractivity contribution in [2.75, 3.05) is 26.3 Å². The minimum atomic E-state index is 0.808. The molecule has 1 fully saturated rings. The Morgan fingerprint density at radius 3 is 2.89 bits per heavy atom. The lowest BCUT2D eigenvalue weighted by Gasteiger charge is -2.23. The maximum absolute atomic E-state index is 5.48. The molecular weight excluding hydrogens is 392 g/mol. The number of hydrogen-bond acceptors (Lipinski definition) is 7. The second-order valence-electron chi connectivity index (χ2n) is 6.96. The monoisotopic (exact) mass is 413 g/mol. The molecule has 5 rings (SSSR count). The molecule has 0 spiro atoms. The van der Waals surface area contributed by atoms with Crippen LogP contribution in [0.1, 0.15) is 16.3 Å². The SMILES string of the molecule is Cc1sc2nc(C[NH+]3CCOCC3)nc(Sc3nnc4ccccn34)c2c1C. The summed E-state index contributed by atoms with van der Waals surface area (Å²) >= 11 is 3.31. The van der Waals surface area contributed by atoms with E-state index in [1.54, 1.807) is 23.1 Å². The number of aryl methyl sites for hydroxylation is 2. The minimum absolute atomic E-state index is 0.808. The van der Waals surface area contributed by atoms with Crippen LogP contribution in [0.15, 0.2) is 34.6 Å². The summed E-state index contributed by atoms with van der Waals surface area (Å²) in [4.78, 5) is 13.7. The standard InChI is InChI=1S/C19H20N6OS2/c1-12-13(2)27-17-16(12)18(21-14(20-17)11-24-7-9-26-10-8-24)28-19-23-22-15-5-3-4-6-25(15)19/h3-6H,7-11H2,1-2H3/p+1. The first-order valence-corrected chi connectivity index (χ1v) is 11.0. The number of ether oxygens (including phenoxy) is 1. The van der Waals surface area contributed by atoms with Crippen molar-refractivity contribution in [3.05, 3.63) is 40.7 Å². The number of fused-ring (bicyclic) bond motifs is 2. The lowest BCUT2D eigenvalue weighted by molar-refractivity contribution is -0.922. The van der Waals surface area contributed by atoms with Crippen molar-refractivity contribution in [3.8, 4) is 0 Å². The summed E-state index contributed by atoms with van der Waals surface area (Å²) in [6.07, 6.45) is 1.99. The number of thiophene rings is 1. The highest BCUT2D eigenvalue weighted by Crippen LogP contribution is 2.37. The number of aromatic nitrogens is 5. The fourth-order valence-corrected chi connectivity index (χ4v) is 5.57. The van der Waals surface area contributed by atoms with Gasteiger partial charge in [-0.25, -0.2) is 9.97 Å². The Hall–Kier alpha value is -2.07. The van der Waals surface area contributed by atoms with Gasteiger partial charge in [-0.3, -0.25) is 4.40 Å². The molecule has 0 aliphatic carbocycles. The summed E-state index contributed by atoms with van der Waals surface area (Å²) in [5.74, 6) is 0.891. The highest BCUT2D eigenvalue weighted by Gasteiger charge is 2.21. The molecule has 0 bridgehead atoms. The molecule has 4 aromatic rings. The van der Waals surface area contributed by atoms with Gasteiger partial charge in [0.15, 0.2) is 11.5 Å². The number of pyridine rings is 1. The molecule has 4 aromatic heterocycles. The first kappa shape index (κ1) is 18.0. The van der Waals surface area contributed by atoms with E-state index in [2.05, 4.69) is 24.0 Å². The predicted octanol–water partition coefficient (Wildman–Crippen LogP) is 1.92. The summed E-state index contributed by atoms with van der Waals surface area (Å²) in [6, 6.07) is 5.92. The lowest BCUT2D eigenvalue weighted by atomic mass is 10.2. The van der Waals surface area contributed by atoms with Gasteiger partial charge in [-0.2, -0.15) is 0 Å². The van der Waals surface area contributed by atoms with Crippen LogP contribution in [0.25, 0.3) is 15.9 Å². The van der Waals surface area contributed by atoms with Gasteiger partial charge >= 0.3 is 0 Å². The molecule has 5 heterocycles. The van der Waals surface area contributed by atoms with Gasteiger partial charge in [-0.1, -0.05) is 6.07 Å². The smallest absolute Gasteiger partial charge is 0.201 e. The van der Waals surface area contributed by atoms with Crippen LogP contribution in [0.4, 0.5) is 0 Å². The molecule has 7 nitrogen and oxygen atoms in total. The zero-order chi connectivity index (χ0) is 19.1. The van der Waals surface area contributed by atoms with Crippen molar-refractivity contribution >= 4 is 39.0 Å². The third-order valence-electron chi connectivity index (χ3n) is 5.12. The summed E-state index contributed by atoms with van der Waals surface area (Å²) < 4.78 is 7.48. The number of hydrogen-bond donors (Lipinski definition) is 1. The molecular formula is C19H21N6OS2+. The highest BCUT2D eigenvalue weighted by atomic mass is 32.2. The van der Waals surface area contributed by atoms with Crippen LogP contribution < -0.4 is 4.90 Å². The number of rotatable bonds is 4. The van der Waals surface area contributed by atoms with E-state index in [9.17, 15) is 0 Å². The Bertz CT molecular complexity index is 1150. The van der Waals surface area contributed by atoms with Crippen LogP contribution in [0.3, 0.4) is 0 Å². The van der Waals surface area contributed by atoms with Gasteiger partial charge in [0, 0.05) is 16.5 Å². The molecule has 0 saturated carbocycles. The molecule has 1 aliphatic heterocycles. The zero-order valence-corrected chi connectivity index (χ0v) is 17.4. The molecule has 0 radical (unpaired) electrons. The second kappa shape index (κ2) is 7.40. The Morgan fingerprint density at radius 2 is 2.04 bits per heavy atom. The van der Waals surface area contributed by atoms with Crippen LogP contribution in [0.5, 0.6) is 0 Å². The fraction of sp³-hybridized carbons (Fsp3) is 0.368. The van der Waals surface area contributed by atoms with Crippen LogP contribution in [-0.4, -0.2) is 50.9 Å². The molecule has 0 aromatic carbocycles. The Labute approximate surface area is 170 Å². The van der Waals surface area contributed by atoms with E-state index in [-0.39, 0.29) is 0 Å². The van der Waals surface area contributed by atoms with Crippen molar-refractivity contribution in [2.24, 2.45) is 0 Å². The van der Waals surface area contributed by atoms with Gasteiger partial charge in [0.1, 0.15) is 29.5 Å². The fourth-order valence-electron chi connectivity index (χ4n) is 3.44. The Kier molecular flexibility index (Phi) is 4.75. The number of morpholine rings is 1. The van der Waals surface area contributed by atoms with Gasteiger partial charge < -0.3 is 9.64 Å². The van der Waals surface area contributed by atoms with E-state index in [0.29, 0.717) is 0 Å². The van der Waals surface area contributed by atoms with Crippen LogP contribution in [0.2, 0.25) is 0 Å². The summed E-state index contributed by atoms with van der Waals surface area (Å²) in [5, 5.41) is 11.6. The van der Waals surface area contributed by atoms with Crippen LogP contribution in [-0.2, 0) is 11.3 Å². The molecule has 1 N–H and O–H groups in total. The van der Waals surface area contributed by atoms with Crippen molar-refractivity contribution < 1.29 is 9.64 Å². The summed E-state index contributed by atoms with van der Waals surface area (Å²) in [5.41, 5.74) is 2.09. The third kappa shape index (κ3) is 3.28. The van der Waals surface area contributed by atoms with Crippen molar-refractivity contribution in [3.63, 3.8) is 0 Å².